The summed E-state index contributed by atoms with van der Waals surface area (Å²) < 4.78 is 4.80. The molecule has 7 aromatic carbocycles. The van der Waals surface area contributed by atoms with Gasteiger partial charge in [-0.3, -0.25) is 0 Å². The van der Waals surface area contributed by atoms with Gasteiger partial charge in [0.25, 0.3) is 0 Å². The predicted octanol–water partition coefficient (Wildman–Crippen LogP) is 12.0. The zero-order valence-electron chi connectivity index (χ0n) is 26.9. The zero-order chi connectivity index (χ0) is 33.0. The van der Waals surface area contributed by atoms with Crippen LogP contribution in [0.4, 0.5) is 0 Å². The Balaban J connectivity index is 1.30. The summed E-state index contributed by atoms with van der Waals surface area (Å²) in [5.41, 5.74) is 8.64. The predicted molar refractivity (Wildman–Crippen MR) is 209 cm³/mol. The van der Waals surface area contributed by atoms with Crippen LogP contribution in [0.25, 0.3) is 93.0 Å². The highest BCUT2D eigenvalue weighted by Gasteiger charge is 2.20. The SMILES string of the molecule is c1ccc(-c2ccc3c4ccccc4n(-c4cc(-c5nc(-c6ccccc6)nc(-c6ccccc6)n5)c5sc6ccccc6c5c4)c3c2)cc1. The van der Waals surface area contributed by atoms with Crippen LogP contribution >= 0.6 is 11.3 Å². The van der Waals surface area contributed by atoms with E-state index in [2.05, 4.69) is 138 Å². The molecule has 234 valence electrons. The third kappa shape index (κ3) is 4.71. The van der Waals surface area contributed by atoms with Crippen LogP contribution in [0.1, 0.15) is 0 Å². The summed E-state index contributed by atoms with van der Waals surface area (Å²) >= 11 is 1.79. The van der Waals surface area contributed by atoms with E-state index < -0.39 is 0 Å². The summed E-state index contributed by atoms with van der Waals surface area (Å²) in [5.74, 6) is 1.96. The zero-order valence-corrected chi connectivity index (χ0v) is 27.7. The minimum Gasteiger partial charge on any atom is -0.309 e. The van der Waals surface area contributed by atoms with Crippen LogP contribution in [0.5, 0.6) is 0 Å². The lowest BCUT2D eigenvalue weighted by atomic mass is 10.0. The second-order valence-electron chi connectivity index (χ2n) is 12.5. The summed E-state index contributed by atoms with van der Waals surface area (Å²) in [7, 11) is 0. The van der Waals surface area contributed by atoms with Crippen LogP contribution in [0.3, 0.4) is 0 Å². The smallest absolute Gasteiger partial charge is 0.165 e. The van der Waals surface area contributed by atoms with Gasteiger partial charge in [-0.2, -0.15) is 0 Å². The van der Waals surface area contributed by atoms with Gasteiger partial charge < -0.3 is 4.57 Å². The molecule has 0 saturated heterocycles. The van der Waals surface area contributed by atoms with Crippen molar-refractivity contribution in [1.82, 2.24) is 19.5 Å². The molecule has 0 unspecified atom stereocenters. The summed E-state index contributed by atoms with van der Waals surface area (Å²) in [4.78, 5) is 15.4. The third-order valence-corrected chi connectivity index (χ3v) is 10.7. The average molecular weight is 657 g/mol. The van der Waals surface area contributed by atoms with Gasteiger partial charge in [-0.1, -0.05) is 140 Å². The van der Waals surface area contributed by atoms with Crippen molar-refractivity contribution in [3.8, 4) is 51.0 Å². The van der Waals surface area contributed by atoms with Crippen LogP contribution in [0.15, 0.2) is 170 Å². The molecule has 0 aliphatic rings. The molecule has 0 amide bonds. The molecule has 0 bridgehead atoms. The average Bonchev–Trinajstić information content (AvgIpc) is 3.74. The van der Waals surface area contributed by atoms with Crippen molar-refractivity contribution in [2.24, 2.45) is 0 Å². The van der Waals surface area contributed by atoms with Gasteiger partial charge in [0.2, 0.25) is 0 Å². The number of aromatic nitrogens is 4. The van der Waals surface area contributed by atoms with Gasteiger partial charge >= 0.3 is 0 Å². The summed E-state index contributed by atoms with van der Waals surface area (Å²) in [6.07, 6.45) is 0. The first-order chi connectivity index (χ1) is 24.8. The van der Waals surface area contributed by atoms with E-state index in [1.165, 1.54) is 37.4 Å². The van der Waals surface area contributed by atoms with E-state index >= 15 is 0 Å². The topological polar surface area (TPSA) is 43.6 Å². The number of rotatable bonds is 5. The lowest BCUT2D eigenvalue weighted by Crippen LogP contribution is -2.01. The first kappa shape index (κ1) is 28.6. The fraction of sp³-hybridized carbons (Fsp3) is 0. The molecule has 3 heterocycles. The van der Waals surface area contributed by atoms with Gasteiger partial charge in [0, 0.05) is 53.3 Å². The summed E-state index contributed by atoms with van der Waals surface area (Å²) in [6, 6.07) is 59.8. The minimum absolute atomic E-state index is 0.651. The Hall–Kier alpha value is -6.43. The number of thiophene rings is 1. The standard InChI is InChI=1S/C45H28N4S/c1-4-14-29(15-5-1)32-24-25-35-34-20-10-12-22-39(34)49(40(35)26-32)33-27-37-36-21-11-13-23-41(36)50-42(37)38(28-33)45-47-43(30-16-6-2-7-17-30)46-44(48-45)31-18-8-3-9-19-31/h1-28H. The molecule has 0 N–H and O–H groups in total. The van der Waals surface area contributed by atoms with E-state index in [4.69, 9.17) is 15.0 Å². The van der Waals surface area contributed by atoms with E-state index in [9.17, 15) is 0 Å². The van der Waals surface area contributed by atoms with Crippen molar-refractivity contribution in [3.63, 3.8) is 0 Å². The van der Waals surface area contributed by atoms with E-state index in [0.29, 0.717) is 17.5 Å². The maximum atomic E-state index is 5.20. The van der Waals surface area contributed by atoms with Gasteiger partial charge in [0.15, 0.2) is 17.5 Å². The van der Waals surface area contributed by atoms with Crippen molar-refractivity contribution in [1.29, 1.82) is 0 Å². The Morgan fingerprint density at radius 1 is 0.380 bits per heavy atom. The van der Waals surface area contributed by atoms with Gasteiger partial charge in [0.05, 0.1) is 11.0 Å². The minimum atomic E-state index is 0.651. The molecule has 0 aliphatic carbocycles. The van der Waals surface area contributed by atoms with Crippen LogP contribution in [0, 0.1) is 0 Å². The molecular formula is C45H28N4S. The Labute approximate surface area is 292 Å². The maximum Gasteiger partial charge on any atom is 0.165 e. The molecule has 0 atom stereocenters. The molecule has 0 aliphatic heterocycles. The highest BCUT2D eigenvalue weighted by molar-refractivity contribution is 7.26. The third-order valence-electron chi connectivity index (χ3n) is 9.44. The Morgan fingerprint density at radius 3 is 1.64 bits per heavy atom. The number of benzene rings is 7. The summed E-state index contributed by atoms with van der Waals surface area (Å²) in [6.45, 7) is 0. The van der Waals surface area contributed by atoms with E-state index in [0.717, 1.165) is 38.1 Å². The summed E-state index contributed by atoms with van der Waals surface area (Å²) in [5, 5.41) is 4.85. The molecule has 10 rings (SSSR count). The highest BCUT2D eigenvalue weighted by Crippen LogP contribution is 2.43. The lowest BCUT2D eigenvalue weighted by molar-refractivity contribution is 1.07. The van der Waals surface area contributed by atoms with Gasteiger partial charge in [-0.15, -0.1) is 11.3 Å². The Bertz CT molecular complexity index is 2800. The molecule has 5 heteroatoms. The Kier molecular flexibility index (Phi) is 6.64. The highest BCUT2D eigenvalue weighted by atomic mass is 32.1. The van der Waals surface area contributed by atoms with Crippen molar-refractivity contribution in [2.45, 2.75) is 0 Å². The van der Waals surface area contributed by atoms with Crippen LogP contribution in [0.2, 0.25) is 0 Å². The van der Waals surface area contributed by atoms with Crippen molar-refractivity contribution >= 4 is 53.3 Å². The second-order valence-corrected chi connectivity index (χ2v) is 13.5. The van der Waals surface area contributed by atoms with Crippen molar-refractivity contribution < 1.29 is 0 Å². The molecule has 10 aromatic rings. The molecule has 50 heavy (non-hydrogen) atoms. The fourth-order valence-electron chi connectivity index (χ4n) is 7.09. The molecular weight excluding hydrogens is 629 g/mol. The largest absolute Gasteiger partial charge is 0.309 e. The van der Waals surface area contributed by atoms with Crippen LogP contribution in [-0.2, 0) is 0 Å². The quantitative estimate of drug-likeness (QED) is 0.185. The number of nitrogens with zero attached hydrogens (tertiary/aromatic N) is 4. The monoisotopic (exact) mass is 656 g/mol. The molecule has 0 radical (unpaired) electrons. The van der Waals surface area contributed by atoms with Crippen LogP contribution in [-0.4, -0.2) is 19.5 Å². The number of hydrogen-bond acceptors (Lipinski definition) is 4. The molecule has 0 saturated carbocycles. The van der Waals surface area contributed by atoms with E-state index in [1.807, 2.05) is 36.4 Å². The van der Waals surface area contributed by atoms with E-state index in [1.54, 1.807) is 11.3 Å². The second kappa shape index (κ2) is 11.6. The lowest BCUT2D eigenvalue weighted by Gasteiger charge is -2.13. The first-order valence-corrected chi connectivity index (χ1v) is 17.5. The molecule has 4 nitrogen and oxygen atoms in total. The number of para-hydroxylation sites is 1. The van der Waals surface area contributed by atoms with Crippen molar-refractivity contribution in [2.75, 3.05) is 0 Å². The van der Waals surface area contributed by atoms with Gasteiger partial charge in [-0.05, 0) is 41.5 Å². The van der Waals surface area contributed by atoms with Crippen LogP contribution < -0.4 is 0 Å². The molecule has 3 aromatic heterocycles. The fourth-order valence-corrected chi connectivity index (χ4v) is 8.29. The number of fused-ring (bicyclic) bond motifs is 6. The van der Waals surface area contributed by atoms with E-state index in [-0.39, 0.29) is 0 Å². The van der Waals surface area contributed by atoms with Gasteiger partial charge in [-0.25, -0.2) is 15.0 Å². The molecule has 0 spiro atoms. The first-order valence-electron chi connectivity index (χ1n) is 16.7. The number of hydrogen-bond donors (Lipinski definition) is 0. The Morgan fingerprint density at radius 2 is 0.940 bits per heavy atom. The normalized spacial score (nSPS) is 11.6. The molecule has 0 fully saturated rings. The maximum absolute atomic E-state index is 5.20. The van der Waals surface area contributed by atoms with Crippen molar-refractivity contribution in [3.05, 3.63) is 170 Å². The van der Waals surface area contributed by atoms with Gasteiger partial charge in [0.1, 0.15) is 0 Å².